The maximum Gasteiger partial charge on any atom is 0.267 e. The van der Waals surface area contributed by atoms with Gasteiger partial charge < -0.3 is 0 Å². The standard InChI is InChI=1S/C6H12O3S/c1-5(2)6-3-9-10(7,8)4-6/h5-6H,3-4H2,1-2H3/t6-/m1/s1. The van der Waals surface area contributed by atoms with Crippen LogP contribution in [0.2, 0.25) is 0 Å². The largest absolute Gasteiger partial charge is 0.270 e. The van der Waals surface area contributed by atoms with Gasteiger partial charge in [-0.05, 0) is 5.92 Å². The van der Waals surface area contributed by atoms with Crippen molar-refractivity contribution in [3.8, 4) is 0 Å². The Labute approximate surface area is 61.5 Å². The molecule has 0 aromatic rings. The molecule has 1 rings (SSSR count). The molecule has 3 nitrogen and oxygen atoms in total. The molecule has 0 aliphatic carbocycles. The molecule has 4 heteroatoms. The van der Waals surface area contributed by atoms with Crippen LogP contribution in [-0.4, -0.2) is 20.8 Å². The van der Waals surface area contributed by atoms with Crippen LogP contribution >= 0.6 is 0 Å². The maximum atomic E-state index is 10.7. The van der Waals surface area contributed by atoms with E-state index in [1.54, 1.807) is 0 Å². The van der Waals surface area contributed by atoms with Crippen molar-refractivity contribution in [1.82, 2.24) is 0 Å². The van der Waals surface area contributed by atoms with Crippen LogP contribution < -0.4 is 0 Å². The highest BCUT2D eigenvalue weighted by atomic mass is 32.2. The van der Waals surface area contributed by atoms with E-state index in [0.717, 1.165) is 0 Å². The second kappa shape index (κ2) is 2.51. The van der Waals surface area contributed by atoms with E-state index in [0.29, 0.717) is 12.5 Å². The smallest absolute Gasteiger partial charge is 0.267 e. The highest BCUT2D eigenvalue weighted by molar-refractivity contribution is 7.86. The van der Waals surface area contributed by atoms with Crippen LogP contribution in [0.4, 0.5) is 0 Å². The lowest BCUT2D eigenvalue weighted by Gasteiger charge is -2.07. The topological polar surface area (TPSA) is 43.4 Å². The Kier molecular flexibility index (Phi) is 2.01. The SMILES string of the molecule is CC(C)[C@@H]1COS(=O)(=O)C1. The van der Waals surface area contributed by atoms with E-state index in [9.17, 15) is 8.42 Å². The second-order valence-corrected chi connectivity index (χ2v) is 4.70. The van der Waals surface area contributed by atoms with E-state index in [4.69, 9.17) is 0 Å². The summed E-state index contributed by atoms with van der Waals surface area (Å²) in [6.07, 6.45) is 0. The molecule has 0 N–H and O–H groups in total. The van der Waals surface area contributed by atoms with Crippen LogP contribution in [0.15, 0.2) is 0 Å². The zero-order valence-electron chi connectivity index (χ0n) is 6.20. The van der Waals surface area contributed by atoms with E-state index in [1.807, 2.05) is 13.8 Å². The maximum absolute atomic E-state index is 10.7. The first-order valence-electron chi connectivity index (χ1n) is 3.38. The van der Waals surface area contributed by atoms with Crippen molar-refractivity contribution < 1.29 is 12.6 Å². The average molecular weight is 164 g/mol. The molecule has 1 aliphatic rings. The van der Waals surface area contributed by atoms with Crippen LogP contribution in [0.5, 0.6) is 0 Å². The number of rotatable bonds is 1. The van der Waals surface area contributed by atoms with Gasteiger partial charge in [-0.2, -0.15) is 8.42 Å². The van der Waals surface area contributed by atoms with Gasteiger partial charge in [0.05, 0.1) is 12.4 Å². The monoisotopic (exact) mass is 164 g/mol. The fourth-order valence-electron chi connectivity index (χ4n) is 0.934. The molecule has 0 radical (unpaired) electrons. The molecule has 0 bridgehead atoms. The van der Waals surface area contributed by atoms with Gasteiger partial charge in [0.15, 0.2) is 0 Å². The van der Waals surface area contributed by atoms with Crippen LogP contribution in [-0.2, 0) is 14.3 Å². The molecule has 1 fully saturated rings. The summed E-state index contributed by atoms with van der Waals surface area (Å²) in [5.74, 6) is 0.798. The summed E-state index contributed by atoms with van der Waals surface area (Å²) in [5, 5.41) is 0. The van der Waals surface area contributed by atoms with Gasteiger partial charge in [-0.3, -0.25) is 4.18 Å². The van der Waals surface area contributed by atoms with Gasteiger partial charge in [0.1, 0.15) is 0 Å². The molecule has 10 heavy (non-hydrogen) atoms. The van der Waals surface area contributed by atoms with E-state index in [-0.39, 0.29) is 11.7 Å². The Morgan fingerprint density at radius 3 is 2.30 bits per heavy atom. The van der Waals surface area contributed by atoms with Gasteiger partial charge in [0.2, 0.25) is 0 Å². The molecule has 1 saturated heterocycles. The van der Waals surface area contributed by atoms with Crippen LogP contribution in [0, 0.1) is 11.8 Å². The normalized spacial score (nSPS) is 31.3. The van der Waals surface area contributed by atoms with E-state index in [2.05, 4.69) is 4.18 Å². The number of hydrogen-bond acceptors (Lipinski definition) is 3. The van der Waals surface area contributed by atoms with Gasteiger partial charge in [0, 0.05) is 5.92 Å². The molecule has 0 saturated carbocycles. The van der Waals surface area contributed by atoms with Crippen molar-refractivity contribution in [2.75, 3.05) is 12.4 Å². The fourth-order valence-corrected chi connectivity index (χ4v) is 2.42. The Hall–Kier alpha value is -0.0900. The first-order chi connectivity index (χ1) is 4.51. The quantitative estimate of drug-likeness (QED) is 0.533. The van der Waals surface area contributed by atoms with Crippen LogP contribution in [0.25, 0.3) is 0 Å². The molecule has 1 aliphatic heterocycles. The first-order valence-corrected chi connectivity index (χ1v) is 4.96. The predicted octanol–water partition coefficient (Wildman–Crippen LogP) is 0.619. The molecular formula is C6H12O3S. The van der Waals surface area contributed by atoms with Crippen LogP contribution in [0.3, 0.4) is 0 Å². The second-order valence-electron chi connectivity index (χ2n) is 3.01. The van der Waals surface area contributed by atoms with Crippen molar-refractivity contribution in [3.05, 3.63) is 0 Å². The Morgan fingerprint density at radius 1 is 1.50 bits per heavy atom. The van der Waals surface area contributed by atoms with Gasteiger partial charge in [0.25, 0.3) is 10.1 Å². The molecule has 1 atom stereocenters. The summed E-state index contributed by atoms with van der Waals surface area (Å²) >= 11 is 0. The number of hydrogen-bond donors (Lipinski definition) is 0. The lowest BCUT2D eigenvalue weighted by Crippen LogP contribution is -2.12. The zero-order valence-corrected chi connectivity index (χ0v) is 7.02. The summed E-state index contributed by atoms with van der Waals surface area (Å²) in [6, 6.07) is 0. The van der Waals surface area contributed by atoms with Gasteiger partial charge in [-0.15, -0.1) is 0 Å². The zero-order chi connectivity index (χ0) is 7.78. The van der Waals surface area contributed by atoms with Crippen LogP contribution in [0.1, 0.15) is 13.8 Å². The third-order valence-electron chi connectivity index (χ3n) is 1.82. The van der Waals surface area contributed by atoms with Crippen molar-refractivity contribution in [2.45, 2.75) is 13.8 Å². The summed E-state index contributed by atoms with van der Waals surface area (Å²) in [6.45, 7) is 4.39. The molecule has 0 amide bonds. The Bertz CT molecular complexity index is 205. The van der Waals surface area contributed by atoms with Gasteiger partial charge >= 0.3 is 0 Å². The minimum absolute atomic E-state index is 0.199. The highest BCUT2D eigenvalue weighted by Crippen LogP contribution is 2.21. The Balaban J connectivity index is 2.60. The van der Waals surface area contributed by atoms with Gasteiger partial charge in [-0.1, -0.05) is 13.8 Å². The summed E-state index contributed by atoms with van der Waals surface area (Å²) in [5.41, 5.74) is 0. The molecule has 0 aromatic carbocycles. The minimum Gasteiger partial charge on any atom is -0.270 e. The van der Waals surface area contributed by atoms with E-state index in [1.165, 1.54) is 0 Å². The summed E-state index contributed by atoms with van der Waals surface area (Å²) in [4.78, 5) is 0. The molecule has 60 valence electrons. The van der Waals surface area contributed by atoms with Crippen molar-refractivity contribution >= 4 is 10.1 Å². The minimum atomic E-state index is -3.14. The first kappa shape index (κ1) is 8.01. The lowest BCUT2D eigenvalue weighted by molar-refractivity contribution is 0.276. The molecule has 0 unspecified atom stereocenters. The Morgan fingerprint density at radius 2 is 2.10 bits per heavy atom. The summed E-state index contributed by atoms with van der Waals surface area (Å²) in [7, 11) is -3.14. The highest BCUT2D eigenvalue weighted by Gasteiger charge is 2.30. The predicted molar refractivity (Wildman–Crippen MR) is 38.1 cm³/mol. The van der Waals surface area contributed by atoms with Crippen molar-refractivity contribution in [3.63, 3.8) is 0 Å². The van der Waals surface area contributed by atoms with E-state index >= 15 is 0 Å². The summed E-state index contributed by atoms with van der Waals surface area (Å²) < 4.78 is 26.0. The molecule has 0 aromatic heterocycles. The fraction of sp³-hybridized carbons (Fsp3) is 1.00. The third-order valence-corrected chi connectivity index (χ3v) is 3.15. The van der Waals surface area contributed by atoms with E-state index < -0.39 is 10.1 Å². The molecular weight excluding hydrogens is 152 g/mol. The van der Waals surface area contributed by atoms with Gasteiger partial charge in [-0.25, -0.2) is 0 Å². The average Bonchev–Trinajstić information content (AvgIpc) is 2.10. The third kappa shape index (κ3) is 1.70. The van der Waals surface area contributed by atoms with Crippen molar-refractivity contribution in [1.29, 1.82) is 0 Å². The molecule has 0 spiro atoms. The lowest BCUT2D eigenvalue weighted by atomic mass is 9.99. The van der Waals surface area contributed by atoms with Crippen molar-refractivity contribution in [2.24, 2.45) is 11.8 Å². The molecule has 1 heterocycles.